The van der Waals surface area contributed by atoms with Crippen LogP contribution in [0, 0.1) is 0 Å². The third kappa shape index (κ3) is 3.70. The van der Waals surface area contributed by atoms with Crippen molar-refractivity contribution in [3.63, 3.8) is 0 Å². The largest absolute Gasteiger partial charge is 0.495 e. The molecule has 0 unspecified atom stereocenters. The molecule has 0 saturated heterocycles. The van der Waals surface area contributed by atoms with Crippen molar-refractivity contribution in [1.82, 2.24) is 4.98 Å². The smallest absolute Gasteiger partial charge is 0.212 e. The molecule has 21 heavy (non-hydrogen) atoms. The van der Waals surface area contributed by atoms with Crippen LogP contribution in [0.3, 0.4) is 0 Å². The Balaban J connectivity index is 2.13. The van der Waals surface area contributed by atoms with Crippen molar-refractivity contribution in [3.05, 3.63) is 41.0 Å². The summed E-state index contributed by atoms with van der Waals surface area (Å²) in [5.41, 5.74) is 1.81. The minimum absolute atomic E-state index is 0.522. The van der Waals surface area contributed by atoms with Crippen LogP contribution < -0.4 is 19.5 Å². The number of rotatable bonds is 6. The van der Waals surface area contributed by atoms with Gasteiger partial charge >= 0.3 is 0 Å². The summed E-state index contributed by atoms with van der Waals surface area (Å²) in [6, 6.07) is 7.28. The SMILES string of the molecule is COc1ccc(CNc2cc(Cl)c(OC)cc2OC)cn1. The fourth-order valence-corrected chi connectivity index (χ4v) is 2.07. The van der Waals surface area contributed by atoms with Gasteiger partial charge in [0.2, 0.25) is 5.88 Å². The van der Waals surface area contributed by atoms with E-state index in [4.69, 9.17) is 25.8 Å². The summed E-state index contributed by atoms with van der Waals surface area (Å²) in [5.74, 6) is 1.83. The van der Waals surface area contributed by atoms with Gasteiger partial charge in [-0.25, -0.2) is 4.98 Å². The van der Waals surface area contributed by atoms with Gasteiger partial charge in [0.05, 0.1) is 32.0 Å². The number of nitrogens with zero attached hydrogens (tertiary/aromatic N) is 1. The summed E-state index contributed by atoms with van der Waals surface area (Å²) in [6.07, 6.45) is 1.75. The molecule has 0 amide bonds. The van der Waals surface area contributed by atoms with Gasteiger partial charge in [0.25, 0.3) is 0 Å². The Morgan fingerprint density at radius 2 is 1.81 bits per heavy atom. The van der Waals surface area contributed by atoms with E-state index < -0.39 is 0 Å². The molecule has 2 rings (SSSR count). The van der Waals surface area contributed by atoms with Crippen LogP contribution in [0.5, 0.6) is 17.4 Å². The third-order valence-corrected chi connectivity index (χ3v) is 3.26. The molecule has 1 N–H and O–H groups in total. The van der Waals surface area contributed by atoms with Crippen LogP contribution in [0.4, 0.5) is 5.69 Å². The quantitative estimate of drug-likeness (QED) is 0.886. The van der Waals surface area contributed by atoms with Crippen molar-refractivity contribution >= 4 is 17.3 Å². The molecule has 0 saturated carbocycles. The summed E-state index contributed by atoms with van der Waals surface area (Å²) in [4.78, 5) is 4.16. The van der Waals surface area contributed by atoms with Crippen LogP contribution in [0.1, 0.15) is 5.56 Å². The first kappa shape index (κ1) is 15.3. The first-order chi connectivity index (χ1) is 10.2. The molecule has 0 fully saturated rings. The summed E-state index contributed by atoms with van der Waals surface area (Å²) < 4.78 is 15.5. The lowest BCUT2D eigenvalue weighted by atomic mass is 10.2. The molecular weight excluding hydrogens is 292 g/mol. The number of methoxy groups -OCH3 is 3. The molecule has 1 heterocycles. The highest BCUT2D eigenvalue weighted by Crippen LogP contribution is 2.36. The number of benzene rings is 1. The second kappa shape index (κ2) is 7.04. The van der Waals surface area contributed by atoms with Gasteiger partial charge in [0.15, 0.2) is 0 Å². The Morgan fingerprint density at radius 3 is 2.38 bits per heavy atom. The third-order valence-electron chi connectivity index (χ3n) is 2.96. The average molecular weight is 309 g/mol. The highest BCUT2D eigenvalue weighted by molar-refractivity contribution is 6.32. The lowest BCUT2D eigenvalue weighted by Crippen LogP contribution is -2.02. The predicted octanol–water partition coefficient (Wildman–Crippen LogP) is 3.37. The zero-order chi connectivity index (χ0) is 15.2. The Bertz CT molecular complexity index is 603. The number of nitrogens with one attached hydrogen (secondary N) is 1. The highest BCUT2D eigenvalue weighted by Gasteiger charge is 2.09. The molecule has 1 aromatic heterocycles. The minimum Gasteiger partial charge on any atom is -0.495 e. The number of anilines is 1. The van der Waals surface area contributed by atoms with Gasteiger partial charge in [-0.05, 0) is 11.6 Å². The maximum absolute atomic E-state index is 6.13. The van der Waals surface area contributed by atoms with Gasteiger partial charge in [-0.2, -0.15) is 0 Å². The lowest BCUT2D eigenvalue weighted by molar-refractivity contribution is 0.395. The van der Waals surface area contributed by atoms with E-state index in [1.54, 1.807) is 39.7 Å². The monoisotopic (exact) mass is 308 g/mol. The van der Waals surface area contributed by atoms with E-state index in [0.717, 1.165) is 11.3 Å². The van der Waals surface area contributed by atoms with Crippen molar-refractivity contribution in [2.24, 2.45) is 0 Å². The van der Waals surface area contributed by atoms with Gasteiger partial charge in [-0.1, -0.05) is 17.7 Å². The Kier molecular flexibility index (Phi) is 5.11. The van der Waals surface area contributed by atoms with E-state index in [1.807, 2.05) is 12.1 Å². The van der Waals surface area contributed by atoms with Gasteiger partial charge in [0, 0.05) is 24.9 Å². The highest BCUT2D eigenvalue weighted by atomic mass is 35.5. The Hall–Kier alpha value is -2.14. The normalized spacial score (nSPS) is 10.1. The molecule has 0 atom stereocenters. The van der Waals surface area contributed by atoms with Crippen molar-refractivity contribution in [2.75, 3.05) is 26.6 Å². The topological polar surface area (TPSA) is 52.6 Å². The van der Waals surface area contributed by atoms with Crippen molar-refractivity contribution in [2.45, 2.75) is 6.54 Å². The molecule has 0 aliphatic rings. The number of pyridine rings is 1. The standard InChI is InChI=1S/C15H17ClN2O3/c1-19-13-7-14(20-2)12(6-11(13)16)17-8-10-4-5-15(21-3)18-9-10/h4-7,9,17H,8H2,1-3H3. The van der Waals surface area contributed by atoms with Crippen LogP contribution in [-0.2, 0) is 6.54 Å². The molecule has 0 spiro atoms. The van der Waals surface area contributed by atoms with Crippen LogP contribution >= 0.6 is 11.6 Å². The minimum atomic E-state index is 0.522. The van der Waals surface area contributed by atoms with Crippen LogP contribution in [0.25, 0.3) is 0 Å². The number of aromatic nitrogens is 1. The zero-order valence-electron chi connectivity index (χ0n) is 12.1. The number of ether oxygens (including phenoxy) is 3. The molecule has 0 bridgehead atoms. The van der Waals surface area contributed by atoms with E-state index in [0.29, 0.717) is 28.9 Å². The van der Waals surface area contributed by atoms with Crippen LogP contribution in [-0.4, -0.2) is 26.3 Å². The first-order valence-electron chi connectivity index (χ1n) is 6.32. The van der Waals surface area contributed by atoms with Crippen LogP contribution in [0.15, 0.2) is 30.5 Å². The van der Waals surface area contributed by atoms with E-state index in [1.165, 1.54) is 0 Å². The molecule has 2 aromatic rings. The van der Waals surface area contributed by atoms with Crippen molar-refractivity contribution < 1.29 is 14.2 Å². The average Bonchev–Trinajstić information content (AvgIpc) is 2.53. The Morgan fingerprint density at radius 1 is 1.05 bits per heavy atom. The fraction of sp³-hybridized carbons (Fsp3) is 0.267. The van der Waals surface area contributed by atoms with Crippen molar-refractivity contribution in [3.8, 4) is 17.4 Å². The first-order valence-corrected chi connectivity index (χ1v) is 6.70. The Labute approximate surface area is 128 Å². The van der Waals surface area contributed by atoms with Gasteiger partial charge in [0.1, 0.15) is 11.5 Å². The summed E-state index contributed by atoms with van der Waals surface area (Å²) in [6.45, 7) is 0.593. The number of halogens is 1. The molecular formula is C15H17ClN2O3. The second-order valence-corrected chi connectivity index (χ2v) is 4.66. The molecule has 1 aromatic carbocycles. The molecule has 6 heteroatoms. The van der Waals surface area contributed by atoms with Gasteiger partial charge < -0.3 is 19.5 Å². The molecule has 0 aliphatic heterocycles. The summed E-state index contributed by atoms with van der Waals surface area (Å²) in [5, 5.41) is 3.79. The predicted molar refractivity (Wildman–Crippen MR) is 82.7 cm³/mol. The van der Waals surface area contributed by atoms with E-state index in [-0.39, 0.29) is 0 Å². The van der Waals surface area contributed by atoms with E-state index >= 15 is 0 Å². The lowest BCUT2D eigenvalue weighted by Gasteiger charge is -2.14. The summed E-state index contributed by atoms with van der Waals surface area (Å²) >= 11 is 6.13. The molecule has 5 nitrogen and oxygen atoms in total. The number of hydrogen-bond donors (Lipinski definition) is 1. The zero-order valence-corrected chi connectivity index (χ0v) is 12.9. The van der Waals surface area contributed by atoms with Gasteiger partial charge in [-0.3, -0.25) is 0 Å². The second-order valence-electron chi connectivity index (χ2n) is 4.25. The molecule has 0 radical (unpaired) electrons. The van der Waals surface area contributed by atoms with E-state index in [9.17, 15) is 0 Å². The van der Waals surface area contributed by atoms with Crippen LogP contribution in [0.2, 0.25) is 5.02 Å². The summed E-state index contributed by atoms with van der Waals surface area (Å²) in [7, 11) is 4.75. The van der Waals surface area contributed by atoms with Gasteiger partial charge in [-0.15, -0.1) is 0 Å². The molecule has 0 aliphatic carbocycles. The maximum Gasteiger partial charge on any atom is 0.212 e. The molecule has 112 valence electrons. The number of hydrogen-bond acceptors (Lipinski definition) is 5. The van der Waals surface area contributed by atoms with E-state index in [2.05, 4.69) is 10.3 Å². The fourth-order valence-electron chi connectivity index (χ4n) is 1.83. The maximum atomic E-state index is 6.13. The van der Waals surface area contributed by atoms with Crippen molar-refractivity contribution in [1.29, 1.82) is 0 Å².